The number of thiophene rings is 1. The van der Waals surface area contributed by atoms with Gasteiger partial charge in [-0.25, -0.2) is 0 Å². The standard InChI is InChI=1S/C25H32N4OS2/c1-15(2)18-7-9-19(10-8-18)26-23(30)14-32-25-28-27-24(29(25)16(3)4)21-13-31-22-12-17(5)6-11-20(21)22/h7-10,13,15-17H,6,11-12,14H2,1-5H3,(H,26,30). The fraction of sp³-hybridized carbons (Fsp3) is 0.480. The summed E-state index contributed by atoms with van der Waals surface area (Å²) in [5, 5.41) is 15.1. The van der Waals surface area contributed by atoms with Gasteiger partial charge in [-0.15, -0.1) is 21.5 Å². The average Bonchev–Trinajstić information content (AvgIpc) is 3.36. The maximum Gasteiger partial charge on any atom is 0.234 e. The van der Waals surface area contributed by atoms with Crippen LogP contribution in [0, 0.1) is 5.92 Å². The highest BCUT2D eigenvalue weighted by atomic mass is 32.2. The number of anilines is 1. The number of nitrogens with one attached hydrogen (secondary N) is 1. The summed E-state index contributed by atoms with van der Waals surface area (Å²) in [5.74, 6) is 2.43. The van der Waals surface area contributed by atoms with Crippen molar-refractivity contribution < 1.29 is 4.79 Å². The minimum absolute atomic E-state index is 0.0333. The first kappa shape index (κ1) is 23.1. The molecule has 2 heterocycles. The van der Waals surface area contributed by atoms with Gasteiger partial charge in [0.2, 0.25) is 5.91 Å². The lowest BCUT2D eigenvalue weighted by molar-refractivity contribution is -0.113. The van der Waals surface area contributed by atoms with Crippen LogP contribution in [0.4, 0.5) is 5.69 Å². The lowest BCUT2D eigenvalue weighted by atomic mass is 9.88. The van der Waals surface area contributed by atoms with Crippen LogP contribution in [-0.2, 0) is 17.6 Å². The van der Waals surface area contributed by atoms with Gasteiger partial charge < -0.3 is 5.32 Å². The molecule has 0 spiro atoms. The molecule has 3 aromatic rings. The number of carbonyl (C=O) groups is 1. The van der Waals surface area contributed by atoms with Gasteiger partial charge in [0.1, 0.15) is 0 Å². The molecule has 0 saturated heterocycles. The Balaban J connectivity index is 1.47. The van der Waals surface area contributed by atoms with E-state index in [9.17, 15) is 4.79 Å². The number of nitrogens with zero attached hydrogens (tertiary/aromatic N) is 3. The molecule has 1 aliphatic carbocycles. The van der Waals surface area contributed by atoms with Crippen molar-refractivity contribution in [2.24, 2.45) is 5.92 Å². The predicted molar refractivity (Wildman–Crippen MR) is 135 cm³/mol. The summed E-state index contributed by atoms with van der Waals surface area (Å²) in [4.78, 5) is 14.1. The second-order valence-corrected chi connectivity index (χ2v) is 11.2. The molecule has 32 heavy (non-hydrogen) atoms. The molecule has 0 bridgehead atoms. The highest BCUT2D eigenvalue weighted by Gasteiger charge is 2.25. The average molecular weight is 469 g/mol. The zero-order valence-corrected chi connectivity index (χ0v) is 21.1. The summed E-state index contributed by atoms with van der Waals surface area (Å²) >= 11 is 3.30. The third-order valence-corrected chi connectivity index (χ3v) is 8.01. The Labute approximate surface area is 199 Å². The van der Waals surface area contributed by atoms with Crippen molar-refractivity contribution in [2.45, 2.75) is 71.0 Å². The van der Waals surface area contributed by atoms with E-state index in [-0.39, 0.29) is 11.9 Å². The van der Waals surface area contributed by atoms with Crippen molar-refractivity contribution in [3.8, 4) is 11.4 Å². The molecule has 0 fully saturated rings. The maximum absolute atomic E-state index is 12.6. The third-order valence-electron chi connectivity index (χ3n) is 6.02. The highest BCUT2D eigenvalue weighted by molar-refractivity contribution is 7.99. The van der Waals surface area contributed by atoms with Gasteiger partial charge in [0.05, 0.1) is 5.75 Å². The van der Waals surface area contributed by atoms with Crippen molar-refractivity contribution in [2.75, 3.05) is 11.1 Å². The maximum atomic E-state index is 12.6. The van der Waals surface area contributed by atoms with Crippen LogP contribution in [0.1, 0.15) is 69.0 Å². The molecular weight excluding hydrogens is 436 g/mol. The molecule has 1 aromatic carbocycles. The van der Waals surface area contributed by atoms with Gasteiger partial charge in [-0.2, -0.15) is 0 Å². The molecule has 4 rings (SSSR count). The minimum Gasteiger partial charge on any atom is -0.325 e. The lowest BCUT2D eigenvalue weighted by Gasteiger charge is -2.19. The summed E-state index contributed by atoms with van der Waals surface area (Å²) < 4.78 is 2.18. The first-order chi connectivity index (χ1) is 15.3. The van der Waals surface area contributed by atoms with Crippen LogP contribution in [0.15, 0.2) is 34.8 Å². The van der Waals surface area contributed by atoms with Gasteiger partial charge in [0, 0.05) is 27.5 Å². The van der Waals surface area contributed by atoms with Crippen LogP contribution in [-0.4, -0.2) is 26.4 Å². The van der Waals surface area contributed by atoms with E-state index in [0.717, 1.165) is 35.4 Å². The van der Waals surface area contributed by atoms with E-state index < -0.39 is 0 Å². The van der Waals surface area contributed by atoms with Gasteiger partial charge >= 0.3 is 0 Å². The summed E-state index contributed by atoms with van der Waals surface area (Å²) in [7, 11) is 0. The van der Waals surface area contributed by atoms with E-state index in [4.69, 9.17) is 0 Å². The summed E-state index contributed by atoms with van der Waals surface area (Å²) in [6, 6.07) is 8.28. The number of thioether (sulfide) groups is 1. The van der Waals surface area contributed by atoms with Crippen LogP contribution in [0.3, 0.4) is 0 Å². The van der Waals surface area contributed by atoms with Crippen LogP contribution in [0.5, 0.6) is 0 Å². The monoisotopic (exact) mass is 468 g/mol. The normalized spacial score (nSPS) is 15.9. The van der Waals surface area contributed by atoms with Crippen LogP contribution < -0.4 is 5.32 Å². The molecule has 7 heteroatoms. The number of amides is 1. The van der Waals surface area contributed by atoms with Gasteiger partial charge in [0.25, 0.3) is 0 Å². The van der Waals surface area contributed by atoms with Crippen molar-refractivity contribution in [3.63, 3.8) is 0 Å². The number of hydrogen-bond donors (Lipinski definition) is 1. The van der Waals surface area contributed by atoms with E-state index in [2.05, 4.69) is 72.2 Å². The van der Waals surface area contributed by atoms with E-state index in [1.807, 2.05) is 23.5 Å². The number of rotatable bonds is 7. The van der Waals surface area contributed by atoms with Crippen molar-refractivity contribution in [1.82, 2.24) is 14.8 Å². The zero-order chi connectivity index (χ0) is 22.8. The molecule has 170 valence electrons. The number of carbonyl (C=O) groups excluding carboxylic acids is 1. The molecule has 0 saturated carbocycles. The molecule has 0 radical (unpaired) electrons. The molecule has 1 amide bonds. The van der Waals surface area contributed by atoms with E-state index in [0.29, 0.717) is 11.7 Å². The largest absolute Gasteiger partial charge is 0.325 e. The number of fused-ring (bicyclic) bond motifs is 1. The highest BCUT2D eigenvalue weighted by Crippen LogP contribution is 2.39. The Morgan fingerprint density at radius 3 is 2.66 bits per heavy atom. The lowest BCUT2D eigenvalue weighted by Crippen LogP contribution is -2.15. The summed E-state index contributed by atoms with van der Waals surface area (Å²) in [6.07, 6.45) is 3.50. The number of hydrogen-bond acceptors (Lipinski definition) is 5. The van der Waals surface area contributed by atoms with E-state index in [1.54, 1.807) is 0 Å². The van der Waals surface area contributed by atoms with Gasteiger partial charge in [-0.05, 0) is 68.2 Å². The number of aromatic nitrogens is 3. The second-order valence-electron chi connectivity index (χ2n) is 9.28. The Morgan fingerprint density at radius 2 is 1.97 bits per heavy atom. The van der Waals surface area contributed by atoms with Crippen LogP contribution >= 0.6 is 23.1 Å². The fourth-order valence-electron chi connectivity index (χ4n) is 4.17. The van der Waals surface area contributed by atoms with Gasteiger partial charge in [0.15, 0.2) is 11.0 Å². The predicted octanol–water partition coefficient (Wildman–Crippen LogP) is 6.57. The molecule has 1 N–H and O–H groups in total. The summed E-state index contributed by atoms with van der Waals surface area (Å²) in [6.45, 7) is 10.9. The number of benzene rings is 1. The molecule has 1 aliphatic rings. The molecule has 1 unspecified atom stereocenters. The Kier molecular flexibility index (Phi) is 7.05. The van der Waals surface area contributed by atoms with Crippen molar-refractivity contribution >= 4 is 34.7 Å². The van der Waals surface area contributed by atoms with Gasteiger partial charge in [-0.1, -0.05) is 44.7 Å². The molecule has 2 aromatic heterocycles. The molecule has 0 aliphatic heterocycles. The topological polar surface area (TPSA) is 59.8 Å². The van der Waals surface area contributed by atoms with Gasteiger partial charge in [-0.3, -0.25) is 9.36 Å². The van der Waals surface area contributed by atoms with Crippen LogP contribution in [0.25, 0.3) is 11.4 Å². The molecule has 1 atom stereocenters. The Bertz CT molecular complexity index is 1080. The second kappa shape index (κ2) is 9.79. The molecule has 5 nitrogen and oxygen atoms in total. The first-order valence-corrected chi connectivity index (χ1v) is 13.3. The van der Waals surface area contributed by atoms with Crippen molar-refractivity contribution in [1.29, 1.82) is 0 Å². The first-order valence-electron chi connectivity index (χ1n) is 11.4. The Morgan fingerprint density at radius 1 is 1.22 bits per heavy atom. The third kappa shape index (κ3) is 4.94. The molecular formula is C25H32N4OS2. The summed E-state index contributed by atoms with van der Waals surface area (Å²) in [5.41, 5.74) is 4.76. The zero-order valence-electron chi connectivity index (χ0n) is 19.5. The SMILES string of the molecule is CC1CCc2c(-c3nnc(SCC(=O)Nc4ccc(C(C)C)cc4)n3C(C)C)csc2C1. The van der Waals surface area contributed by atoms with E-state index in [1.165, 1.54) is 39.8 Å². The van der Waals surface area contributed by atoms with Crippen molar-refractivity contribution in [3.05, 3.63) is 45.6 Å². The van der Waals surface area contributed by atoms with Crippen LogP contribution in [0.2, 0.25) is 0 Å². The smallest absolute Gasteiger partial charge is 0.234 e. The fourth-order valence-corrected chi connectivity index (χ4v) is 6.28. The van der Waals surface area contributed by atoms with E-state index >= 15 is 0 Å². The quantitative estimate of drug-likeness (QED) is 0.399. The minimum atomic E-state index is -0.0333. The Hall–Kier alpha value is -2.12.